The number of ether oxygens (including phenoxy) is 1. The molecule has 11 rings (SSSR count). The van der Waals surface area contributed by atoms with Crippen LogP contribution in [0.5, 0.6) is 5.75 Å². The zero-order chi connectivity index (χ0) is 47.8. The summed E-state index contributed by atoms with van der Waals surface area (Å²) in [6.07, 6.45) is 41.8. The van der Waals surface area contributed by atoms with Crippen LogP contribution < -0.4 is 14.7 Å². The van der Waals surface area contributed by atoms with Crippen molar-refractivity contribution < 1.29 is 14.7 Å². The highest BCUT2D eigenvalue weighted by Gasteiger charge is 2.33. The second-order valence-corrected chi connectivity index (χ2v) is 18.4. The molecule has 8 bridgehead atoms. The standard InChI is InChI=1S/C64H56N6O/c1-2-39-69-41-35-46(36-42-69)47-37-43-70(44-38-47)40-15-4-3-5-16-45-71-52-25-23-51(24-26-52)64-59-33-31-57(67-59)62(49-19-11-7-12-20-49)55-29-27-53(65-55)61(48-17-9-6-10-18-48)54-28-30-56(66-54)63(50-21-13-8-14-22-50)58-32-34-60(64)68-58/h6-14,17-38,41-44H,2-5,15-16,39-40,45H2,1H3/p+2. The summed E-state index contributed by atoms with van der Waals surface area (Å²) in [6.45, 7) is 4.98. The minimum Gasteiger partial charge on any atom is -0.494 e. The average Bonchev–Trinajstić information content (AvgIpc) is 4.28. The van der Waals surface area contributed by atoms with Crippen molar-refractivity contribution in [2.75, 3.05) is 19.7 Å². The Balaban J connectivity index is 0.828. The summed E-state index contributed by atoms with van der Waals surface area (Å²) < 4.78 is 6.33. The molecule has 0 unspecified atom stereocenters. The quantitative estimate of drug-likeness (QED) is 0.117. The number of rotatable bonds is 15. The van der Waals surface area contributed by atoms with Crippen molar-refractivity contribution in [3.05, 3.63) is 269 Å². The van der Waals surface area contributed by atoms with Crippen LogP contribution in [0.1, 0.15) is 67.7 Å². The van der Waals surface area contributed by atoms with Gasteiger partial charge in [-0.25, -0.2) is 20.0 Å². The number of allylic oxidation sites excluding steroid dienone is 18. The lowest BCUT2D eigenvalue weighted by Gasteiger charge is -2.21. The normalized spacial score (nSPS) is 17.7. The molecule has 0 radical (unpaired) electrons. The number of unbranched alkanes of at least 4 members (excludes halogenated alkanes) is 4. The average molecular weight is 927 g/mol. The lowest BCUT2D eigenvalue weighted by atomic mass is 9.98. The van der Waals surface area contributed by atoms with Gasteiger partial charge in [0.1, 0.15) is 11.3 Å². The molecule has 0 fully saturated rings. The summed E-state index contributed by atoms with van der Waals surface area (Å²) in [6, 6.07) is 40.1. The Hall–Kier alpha value is -8.42. The van der Waals surface area contributed by atoms with Crippen LogP contribution in [0.25, 0.3) is 22.3 Å². The summed E-state index contributed by atoms with van der Waals surface area (Å²) in [4.78, 5) is 23.2. The SMILES string of the molecule is CCCN1C=CC(=C2C=CN(CCCCCCCOc3ccc(C4=C5C=CC(=N5)C(c5ccccc5)=C5C=CC(=[NH+]5)C(c5ccccc5)=C5C=CC(=[NH+]5)C(c5ccccc5)=C5C=CC4=N5)cc3)C=C2)C=C1. The third kappa shape index (κ3) is 10.0. The fourth-order valence-corrected chi connectivity index (χ4v) is 9.93. The van der Waals surface area contributed by atoms with E-state index in [1.165, 1.54) is 24.0 Å². The molecule has 4 aromatic rings. The minimum absolute atomic E-state index is 0.688. The van der Waals surface area contributed by atoms with E-state index >= 15 is 0 Å². The van der Waals surface area contributed by atoms with Gasteiger partial charge in [-0.1, -0.05) is 129 Å². The van der Waals surface area contributed by atoms with Crippen molar-refractivity contribution in [2.24, 2.45) is 9.98 Å². The smallest absolute Gasteiger partial charge is 0.218 e. The Labute approximate surface area is 417 Å². The Bertz CT molecular complexity index is 3190. The lowest BCUT2D eigenvalue weighted by molar-refractivity contribution is -0.388. The molecule has 71 heavy (non-hydrogen) atoms. The highest BCUT2D eigenvalue weighted by Crippen LogP contribution is 2.35. The molecule has 0 amide bonds. The number of aliphatic imine (C=N–C) groups is 2. The summed E-state index contributed by atoms with van der Waals surface area (Å²) in [5.74, 6) is 0.863. The maximum Gasteiger partial charge on any atom is 0.218 e. The second-order valence-electron chi connectivity index (χ2n) is 18.4. The third-order valence-corrected chi connectivity index (χ3v) is 13.5. The molecular formula is C64H58N6O+2. The molecule has 7 heterocycles. The van der Waals surface area contributed by atoms with E-state index in [-0.39, 0.29) is 0 Å². The van der Waals surface area contributed by atoms with E-state index in [9.17, 15) is 0 Å². The highest BCUT2D eigenvalue weighted by atomic mass is 16.5. The Morgan fingerprint density at radius 2 is 0.873 bits per heavy atom. The molecule has 2 N–H and O–H groups in total. The second kappa shape index (κ2) is 21.1. The monoisotopic (exact) mass is 926 g/mol. The first-order valence-electron chi connectivity index (χ1n) is 25.2. The van der Waals surface area contributed by atoms with Gasteiger partial charge in [-0.15, -0.1) is 0 Å². The fraction of sp³-hybridized carbons (Fsp3) is 0.156. The van der Waals surface area contributed by atoms with E-state index < -0.39 is 0 Å². The summed E-state index contributed by atoms with van der Waals surface area (Å²) >= 11 is 0. The molecule has 4 aromatic carbocycles. The van der Waals surface area contributed by atoms with Crippen molar-refractivity contribution in [3.63, 3.8) is 0 Å². The predicted molar refractivity (Wildman–Crippen MR) is 293 cm³/mol. The molecule has 0 aliphatic carbocycles. The van der Waals surface area contributed by atoms with Crippen LogP contribution in [-0.4, -0.2) is 52.3 Å². The van der Waals surface area contributed by atoms with Gasteiger partial charge in [0.15, 0.2) is 0 Å². The zero-order valence-electron chi connectivity index (χ0n) is 40.3. The zero-order valence-corrected chi connectivity index (χ0v) is 40.3. The molecule has 0 spiro atoms. The Kier molecular flexibility index (Phi) is 13.4. The molecule has 7 heteroatoms. The van der Waals surface area contributed by atoms with E-state index in [2.05, 4.69) is 240 Å². The van der Waals surface area contributed by atoms with E-state index in [0.717, 1.165) is 135 Å². The van der Waals surface area contributed by atoms with Crippen LogP contribution in [0.3, 0.4) is 0 Å². The minimum atomic E-state index is 0.688. The maximum absolute atomic E-state index is 6.33. The van der Waals surface area contributed by atoms with Crippen LogP contribution in [-0.2, 0) is 0 Å². The highest BCUT2D eigenvalue weighted by molar-refractivity contribution is 6.37. The molecule has 0 saturated heterocycles. The van der Waals surface area contributed by atoms with Crippen LogP contribution in [0.2, 0.25) is 0 Å². The molecular weight excluding hydrogens is 869 g/mol. The lowest BCUT2D eigenvalue weighted by Crippen LogP contribution is -2.71. The Morgan fingerprint density at radius 1 is 0.408 bits per heavy atom. The van der Waals surface area contributed by atoms with Crippen molar-refractivity contribution in [1.29, 1.82) is 0 Å². The molecule has 7 aliphatic rings. The van der Waals surface area contributed by atoms with Gasteiger partial charge >= 0.3 is 0 Å². The topological polar surface area (TPSA) is 68.4 Å². The van der Waals surface area contributed by atoms with Crippen molar-refractivity contribution >= 4 is 45.1 Å². The van der Waals surface area contributed by atoms with E-state index in [1.54, 1.807) is 0 Å². The first kappa shape index (κ1) is 45.0. The molecule has 0 atom stereocenters. The summed E-state index contributed by atoms with van der Waals surface area (Å²) in [5, 5.41) is 0. The summed E-state index contributed by atoms with van der Waals surface area (Å²) in [5.41, 5.74) is 18.4. The molecule has 7 aliphatic heterocycles. The van der Waals surface area contributed by atoms with Crippen LogP contribution in [0.15, 0.2) is 257 Å². The molecule has 0 saturated carbocycles. The number of hydrogen-bond donors (Lipinski definition) is 2. The van der Waals surface area contributed by atoms with Gasteiger partial charge in [-0.3, -0.25) is 0 Å². The molecule has 348 valence electrons. The maximum atomic E-state index is 6.33. The fourth-order valence-electron chi connectivity index (χ4n) is 9.93. The number of nitrogens with zero attached hydrogens (tertiary/aromatic N) is 4. The van der Waals surface area contributed by atoms with Crippen LogP contribution >= 0.6 is 0 Å². The largest absolute Gasteiger partial charge is 0.494 e. The van der Waals surface area contributed by atoms with Gasteiger partial charge in [0.2, 0.25) is 22.8 Å². The van der Waals surface area contributed by atoms with E-state index in [0.29, 0.717) is 6.61 Å². The summed E-state index contributed by atoms with van der Waals surface area (Å²) in [7, 11) is 0. The van der Waals surface area contributed by atoms with Gasteiger partial charge in [-0.2, -0.15) is 0 Å². The van der Waals surface area contributed by atoms with Crippen molar-refractivity contribution in [2.45, 2.75) is 45.4 Å². The Morgan fingerprint density at radius 3 is 1.46 bits per heavy atom. The van der Waals surface area contributed by atoms with Crippen molar-refractivity contribution in [1.82, 2.24) is 9.80 Å². The number of benzene rings is 4. The number of hydrogen-bond acceptors (Lipinski definition) is 5. The van der Waals surface area contributed by atoms with Gasteiger partial charge in [0.05, 0.1) is 40.6 Å². The van der Waals surface area contributed by atoms with Gasteiger partial charge in [0.25, 0.3) is 0 Å². The van der Waals surface area contributed by atoms with E-state index in [4.69, 9.17) is 14.7 Å². The first-order chi connectivity index (χ1) is 35.1. The first-order valence-corrected chi connectivity index (χ1v) is 25.2. The molecule has 7 nitrogen and oxygen atoms in total. The van der Waals surface area contributed by atoms with Gasteiger partial charge in [-0.05, 0) is 113 Å². The van der Waals surface area contributed by atoms with Crippen molar-refractivity contribution in [3.8, 4) is 5.75 Å². The number of nitrogens with one attached hydrogen (secondary N) is 2. The van der Waals surface area contributed by atoms with Gasteiger partial charge < -0.3 is 14.5 Å². The molecule has 0 aromatic heterocycles. The van der Waals surface area contributed by atoms with Crippen LogP contribution in [0.4, 0.5) is 0 Å². The predicted octanol–water partition coefficient (Wildman–Crippen LogP) is 10.6. The van der Waals surface area contributed by atoms with E-state index in [1.807, 2.05) is 0 Å². The number of fused-ring (bicyclic) bond motifs is 4. The third-order valence-electron chi connectivity index (χ3n) is 13.5. The van der Waals surface area contributed by atoms with Crippen LogP contribution in [0, 0.1) is 0 Å². The van der Waals surface area contributed by atoms with Gasteiger partial charge in [0, 0.05) is 67.8 Å².